The maximum absolute atomic E-state index is 5.90. The highest BCUT2D eigenvalue weighted by Gasteiger charge is 2.19. The van der Waals surface area contributed by atoms with E-state index in [1.807, 2.05) is 6.07 Å². The van der Waals surface area contributed by atoms with Crippen molar-refractivity contribution in [3.63, 3.8) is 0 Å². The standard InChI is InChI=1S/C25H26O2/c1-2-19-8-12-22(13-9-19)23-14-10-20(11-15-23)6-7-21-4-3-5-24(16-21)27-25-17-26-18-25/h3-5,8-16,25H,2,6-7,17-18H2,1H3. The first-order chi connectivity index (χ1) is 13.3. The molecule has 2 heteroatoms. The van der Waals surface area contributed by atoms with Crippen LogP contribution in [-0.2, 0) is 24.0 Å². The van der Waals surface area contributed by atoms with Gasteiger partial charge in [-0.2, -0.15) is 0 Å². The molecule has 138 valence electrons. The predicted octanol–water partition coefficient (Wildman–Crippen LogP) is 5.48. The fourth-order valence-corrected chi connectivity index (χ4v) is 3.33. The summed E-state index contributed by atoms with van der Waals surface area (Å²) in [5.74, 6) is 0.951. The topological polar surface area (TPSA) is 18.5 Å². The molecule has 1 aliphatic heterocycles. The van der Waals surface area contributed by atoms with Gasteiger partial charge in [-0.3, -0.25) is 0 Å². The van der Waals surface area contributed by atoms with Crippen LogP contribution in [0.1, 0.15) is 23.6 Å². The summed E-state index contributed by atoms with van der Waals surface area (Å²) >= 11 is 0. The van der Waals surface area contributed by atoms with E-state index in [-0.39, 0.29) is 6.10 Å². The Morgan fingerprint density at radius 3 is 2.00 bits per heavy atom. The van der Waals surface area contributed by atoms with Gasteiger partial charge in [0.2, 0.25) is 0 Å². The van der Waals surface area contributed by atoms with Gasteiger partial charge in [-0.25, -0.2) is 0 Å². The van der Waals surface area contributed by atoms with Crippen molar-refractivity contribution in [2.45, 2.75) is 32.3 Å². The Bertz CT molecular complexity index is 862. The number of hydrogen-bond donors (Lipinski definition) is 0. The van der Waals surface area contributed by atoms with Gasteiger partial charge in [-0.1, -0.05) is 67.6 Å². The van der Waals surface area contributed by atoms with Crippen LogP contribution in [0.3, 0.4) is 0 Å². The van der Waals surface area contributed by atoms with Crippen molar-refractivity contribution in [3.05, 3.63) is 89.5 Å². The molecule has 1 saturated heterocycles. The summed E-state index contributed by atoms with van der Waals surface area (Å²) in [6.45, 7) is 3.60. The zero-order valence-corrected chi connectivity index (χ0v) is 15.9. The average molecular weight is 358 g/mol. The zero-order valence-electron chi connectivity index (χ0n) is 15.9. The molecular formula is C25H26O2. The highest BCUT2D eigenvalue weighted by atomic mass is 16.6. The van der Waals surface area contributed by atoms with E-state index in [1.54, 1.807) is 0 Å². The average Bonchev–Trinajstić information content (AvgIpc) is 2.70. The van der Waals surface area contributed by atoms with Crippen LogP contribution in [0.25, 0.3) is 11.1 Å². The second-order valence-electron chi connectivity index (χ2n) is 7.17. The summed E-state index contributed by atoms with van der Waals surface area (Å²) in [5, 5.41) is 0. The molecule has 0 atom stereocenters. The molecule has 0 spiro atoms. The maximum atomic E-state index is 5.90. The number of aryl methyl sites for hydroxylation is 3. The lowest BCUT2D eigenvalue weighted by Crippen LogP contribution is -2.38. The Hall–Kier alpha value is -2.58. The van der Waals surface area contributed by atoms with Gasteiger partial charge in [-0.05, 0) is 59.2 Å². The minimum atomic E-state index is 0.221. The van der Waals surface area contributed by atoms with E-state index in [0.717, 1.165) is 25.0 Å². The molecule has 0 aliphatic carbocycles. The molecule has 0 amide bonds. The quantitative estimate of drug-likeness (QED) is 0.557. The second kappa shape index (κ2) is 8.41. The van der Waals surface area contributed by atoms with Gasteiger partial charge in [0, 0.05) is 0 Å². The number of ether oxygens (including phenoxy) is 2. The van der Waals surface area contributed by atoms with Gasteiger partial charge in [0.25, 0.3) is 0 Å². The van der Waals surface area contributed by atoms with Crippen molar-refractivity contribution >= 4 is 0 Å². The van der Waals surface area contributed by atoms with Crippen molar-refractivity contribution in [1.29, 1.82) is 0 Å². The Labute approximate surface area is 161 Å². The van der Waals surface area contributed by atoms with Gasteiger partial charge in [0.1, 0.15) is 11.9 Å². The van der Waals surface area contributed by atoms with Crippen molar-refractivity contribution in [3.8, 4) is 16.9 Å². The van der Waals surface area contributed by atoms with Gasteiger partial charge in [-0.15, -0.1) is 0 Å². The predicted molar refractivity (Wildman–Crippen MR) is 110 cm³/mol. The van der Waals surface area contributed by atoms with E-state index in [2.05, 4.69) is 73.7 Å². The third kappa shape index (κ3) is 4.58. The van der Waals surface area contributed by atoms with Gasteiger partial charge < -0.3 is 9.47 Å². The first-order valence-corrected chi connectivity index (χ1v) is 9.82. The van der Waals surface area contributed by atoms with E-state index in [9.17, 15) is 0 Å². The van der Waals surface area contributed by atoms with Crippen LogP contribution in [0.2, 0.25) is 0 Å². The monoisotopic (exact) mass is 358 g/mol. The van der Waals surface area contributed by atoms with Crippen LogP contribution >= 0.6 is 0 Å². The summed E-state index contributed by atoms with van der Waals surface area (Å²) < 4.78 is 11.1. The summed E-state index contributed by atoms with van der Waals surface area (Å²) in [4.78, 5) is 0. The molecule has 0 saturated carbocycles. The highest BCUT2D eigenvalue weighted by Crippen LogP contribution is 2.22. The number of benzene rings is 3. The minimum Gasteiger partial charge on any atom is -0.486 e. The molecule has 3 aromatic carbocycles. The lowest BCUT2D eigenvalue weighted by molar-refractivity contribution is -0.0797. The smallest absolute Gasteiger partial charge is 0.145 e. The molecule has 1 aliphatic rings. The van der Waals surface area contributed by atoms with Crippen LogP contribution < -0.4 is 4.74 Å². The normalized spacial score (nSPS) is 14.0. The highest BCUT2D eigenvalue weighted by molar-refractivity contribution is 5.64. The Kier molecular flexibility index (Phi) is 5.55. The Balaban J connectivity index is 1.36. The molecule has 4 rings (SSSR count). The van der Waals surface area contributed by atoms with E-state index < -0.39 is 0 Å². The van der Waals surface area contributed by atoms with Gasteiger partial charge >= 0.3 is 0 Å². The van der Waals surface area contributed by atoms with E-state index >= 15 is 0 Å². The number of hydrogen-bond acceptors (Lipinski definition) is 2. The van der Waals surface area contributed by atoms with E-state index in [0.29, 0.717) is 13.2 Å². The zero-order chi connectivity index (χ0) is 18.5. The fraction of sp³-hybridized carbons (Fsp3) is 0.280. The third-order valence-corrected chi connectivity index (χ3v) is 5.16. The minimum absolute atomic E-state index is 0.221. The lowest BCUT2D eigenvalue weighted by Gasteiger charge is -2.26. The summed E-state index contributed by atoms with van der Waals surface area (Å²) in [5.41, 5.74) is 6.61. The largest absolute Gasteiger partial charge is 0.486 e. The summed E-state index contributed by atoms with van der Waals surface area (Å²) in [6, 6.07) is 26.2. The van der Waals surface area contributed by atoms with Crippen LogP contribution in [-0.4, -0.2) is 19.3 Å². The molecule has 27 heavy (non-hydrogen) atoms. The molecule has 2 nitrogen and oxygen atoms in total. The maximum Gasteiger partial charge on any atom is 0.145 e. The lowest BCUT2D eigenvalue weighted by atomic mass is 9.99. The Morgan fingerprint density at radius 2 is 1.41 bits per heavy atom. The molecule has 0 bridgehead atoms. The van der Waals surface area contributed by atoms with Crippen LogP contribution in [0, 0.1) is 0 Å². The van der Waals surface area contributed by atoms with Crippen molar-refractivity contribution in [2.75, 3.05) is 13.2 Å². The first kappa shape index (κ1) is 17.8. The van der Waals surface area contributed by atoms with Crippen LogP contribution in [0.5, 0.6) is 5.75 Å². The van der Waals surface area contributed by atoms with E-state index in [1.165, 1.54) is 27.8 Å². The van der Waals surface area contributed by atoms with Crippen LogP contribution in [0.15, 0.2) is 72.8 Å². The summed E-state index contributed by atoms with van der Waals surface area (Å²) in [6.07, 6.45) is 3.35. The molecule has 0 N–H and O–H groups in total. The van der Waals surface area contributed by atoms with Crippen LogP contribution in [0.4, 0.5) is 0 Å². The molecule has 0 unspecified atom stereocenters. The molecule has 1 fully saturated rings. The molecule has 0 radical (unpaired) electrons. The molecular weight excluding hydrogens is 332 g/mol. The van der Waals surface area contributed by atoms with E-state index in [4.69, 9.17) is 9.47 Å². The van der Waals surface area contributed by atoms with Gasteiger partial charge in [0.05, 0.1) is 13.2 Å². The third-order valence-electron chi connectivity index (χ3n) is 5.16. The summed E-state index contributed by atoms with van der Waals surface area (Å²) in [7, 11) is 0. The Morgan fingerprint density at radius 1 is 0.778 bits per heavy atom. The SMILES string of the molecule is CCc1ccc(-c2ccc(CCc3cccc(OC4COC4)c3)cc2)cc1. The fourth-order valence-electron chi connectivity index (χ4n) is 3.33. The number of rotatable bonds is 7. The first-order valence-electron chi connectivity index (χ1n) is 9.82. The molecule has 0 aromatic heterocycles. The van der Waals surface area contributed by atoms with Gasteiger partial charge in [0.15, 0.2) is 0 Å². The van der Waals surface area contributed by atoms with Crippen molar-refractivity contribution < 1.29 is 9.47 Å². The molecule has 3 aromatic rings. The van der Waals surface area contributed by atoms with Crippen molar-refractivity contribution in [2.24, 2.45) is 0 Å². The van der Waals surface area contributed by atoms with Crippen molar-refractivity contribution in [1.82, 2.24) is 0 Å². The second-order valence-corrected chi connectivity index (χ2v) is 7.17. The molecule has 1 heterocycles.